The van der Waals surface area contributed by atoms with Crippen molar-refractivity contribution < 1.29 is 9.90 Å². The Morgan fingerprint density at radius 2 is 1.90 bits per heavy atom. The fourth-order valence-corrected chi connectivity index (χ4v) is 0.328. The van der Waals surface area contributed by atoms with Crippen molar-refractivity contribution in [1.29, 1.82) is 0 Å². The Morgan fingerprint density at radius 3 is 2.20 bits per heavy atom. The second-order valence-corrected chi connectivity index (χ2v) is 2.04. The SMILES string of the molecule is C/C(N)=C(C)/C=C/C(=O)O. The first-order valence-corrected chi connectivity index (χ1v) is 2.88. The van der Waals surface area contributed by atoms with E-state index in [9.17, 15) is 4.79 Å². The monoisotopic (exact) mass is 141 g/mol. The summed E-state index contributed by atoms with van der Waals surface area (Å²) in [6.07, 6.45) is 2.53. The van der Waals surface area contributed by atoms with E-state index < -0.39 is 5.97 Å². The van der Waals surface area contributed by atoms with Gasteiger partial charge in [-0.3, -0.25) is 0 Å². The molecule has 0 saturated heterocycles. The van der Waals surface area contributed by atoms with E-state index in [2.05, 4.69) is 0 Å². The van der Waals surface area contributed by atoms with E-state index >= 15 is 0 Å². The Morgan fingerprint density at radius 1 is 1.40 bits per heavy atom. The van der Waals surface area contributed by atoms with Crippen molar-refractivity contribution >= 4 is 5.97 Å². The molecule has 0 rings (SSSR count). The minimum absolute atomic E-state index is 0.637. The van der Waals surface area contributed by atoms with Crippen LogP contribution in [0.3, 0.4) is 0 Å². The molecule has 3 heteroatoms. The summed E-state index contributed by atoms with van der Waals surface area (Å²) in [5.74, 6) is -0.958. The minimum atomic E-state index is -0.958. The third kappa shape index (κ3) is 3.72. The molecule has 0 aliphatic rings. The maximum absolute atomic E-state index is 9.98. The molecule has 0 heterocycles. The van der Waals surface area contributed by atoms with Gasteiger partial charge in [-0.2, -0.15) is 0 Å². The van der Waals surface area contributed by atoms with Gasteiger partial charge in [-0.1, -0.05) is 6.08 Å². The number of hydrogen-bond acceptors (Lipinski definition) is 2. The average molecular weight is 141 g/mol. The molecule has 3 N–H and O–H groups in total. The van der Waals surface area contributed by atoms with E-state index in [0.29, 0.717) is 5.70 Å². The maximum Gasteiger partial charge on any atom is 0.328 e. The zero-order valence-electron chi connectivity index (χ0n) is 6.09. The van der Waals surface area contributed by atoms with E-state index in [4.69, 9.17) is 10.8 Å². The first-order valence-electron chi connectivity index (χ1n) is 2.88. The highest BCUT2D eigenvalue weighted by Crippen LogP contribution is 1.97. The third-order valence-electron chi connectivity index (χ3n) is 1.10. The van der Waals surface area contributed by atoms with Gasteiger partial charge in [-0.15, -0.1) is 0 Å². The van der Waals surface area contributed by atoms with Crippen LogP contribution in [0.15, 0.2) is 23.4 Å². The molecule has 0 saturated carbocycles. The van der Waals surface area contributed by atoms with Crippen LogP contribution in [-0.2, 0) is 4.79 Å². The first kappa shape index (κ1) is 8.75. The van der Waals surface area contributed by atoms with Gasteiger partial charge in [0.05, 0.1) is 0 Å². The number of aliphatic carboxylic acids is 1. The molecule has 0 aliphatic carbocycles. The Hall–Kier alpha value is -1.25. The molecule has 10 heavy (non-hydrogen) atoms. The van der Waals surface area contributed by atoms with Gasteiger partial charge < -0.3 is 10.8 Å². The Balaban J connectivity index is 4.16. The number of hydrogen-bond donors (Lipinski definition) is 2. The quantitative estimate of drug-likeness (QED) is 0.443. The number of carboxylic acids is 1. The highest BCUT2D eigenvalue weighted by atomic mass is 16.4. The van der Waals surface area contributed by atoms with Gasteiger partial charge in [-0.25, -0.2) is 4.79 Å². The van der Waals surface area contributed by atoms with Crippen LogP contribution in [0.25, 0.3) is 0 Å². The highest BCUT2D eigenvalue weighted by Gasteiger charge is 1.88. The number of rotatable bonds is 2. The fourth-order valence-electron chi connectivity index (χ4n) is 0.328. The molecule has 0 aromatic rings. The van der Waals surface area contributed by atoms with Gasteiger partial charge in [0.25, 0.3) is 0 Å². The van der Waals surface area contributed by atoms with Crippen LogP contribution in [0.4, 0.5) is 0 Å². The van der Waals surface area contributed by atoms with Crippen LogP contribution < -0.4 is 5.73 Å². The van der Waals surface area contributed by atoms with Gasteiger partial charge in [0.1, 0.15) is 0 Å². The predicted molar refractivity (Wildman–Crippen MR) is 39.3 cm³/mol. The molecule has 0 atom stereocenters. The predicted octanol–water partition coefficient (Wildman–Crippen LogP) is 0.880. The van der Waals surface area contributed by atoms with Crippen molar-refractivity contribution in [2.75, 3.05) is 0 Å². The zero-order valence-corrected chi connectivity index (χ0v) is 6.09. The van der Waals surface area contributed by atoms with Crippen LogP contribution in [0.1, 0.15) is 13.8 Å². The Labute approximate surface area is 59.8 Å². The van der Waals surface area contributed by atoms with Crippen molar-refractivity contribution in [2.45, 2.75) is 13.8 Å². The molecule has 0 spiro atoms. The van der Waals surface area contributed by atoms with E-state index in [1.54, 1.807) is 13.8 Å². The molecule has 0 unspecified atom stereocenters. The largest absolute Gasteiger partial charge is 0.478 e. The summed E-state index contributed by atoms with van der Waals surface area (Å²) < 4.78 is 0. The van der Waals surface area contributed by atoms with Crippen molar-refractivity contribution in [3.63, 3.8) is 0 Å². The topological polar surface area (TPSA) is 63.3 Å². The fraction of sp³-hybridized carbons (Fsp3) is 0.286. The third-order valence-corrected chi connectivity index (χ3v) is 1.10. The molecule has 0 aliphatic heterocycles. The van der Waals surface area contributed by atoms with Crippen molar-refractivity contribution in [2.24, 2.45) is 5.73 Å². The molecular formula is C7H11NO2. The normalized spacial score (nSPS) is 13.4. The summed E-state index contributed by atoms with van der Waals surface area (Å²) in [5.41, 5.74) is 6.77. The van der Waals surface area contributed by atoms with Crippen LogP contribution >= 0.6 is 0 Å². The first-order chi connectivity index (χ1) is 4.54. The lowest BCUT2D eigenvalue weighted by molar-refractivity contribution is -0.131. The standard InChI is InChI=1S/C7H11NO2/c1-5(6(2)8)3-4-7(9)10/h3-4H,8H2,1-2H3,(H,9,10)/b4-3+,6-5-. The van der Waals surface area contributed by atoms with Crippen LogP contribution in [0, 0.1) is 0 Å². The summed E-state index contributed by atoms with van der Waals surface area (Å²) in [5, 5.41) is 8.19. The molecule has 56 valence electrons. The van der Waals surface area contributed by atoms with Crippen LogP contribution in [-0.4, -0.2) is 11.1 Å². The number of carbonyl (C=O) groups is 1. The van der Waals surface area contributed by atoms with Crippen molar-refractivity contribution in [1.82, 2.24) is 0 Å². The minimum Gasteiger partial charge on any atom is -0.478 e. The van der Waals surface area contributed by atoms with E-state index in [0.717, 1.165) is 11.6 Å². The van der Waals surface area contributed by atoms with Gasteiger partial charge in [0, 0.05) is 11.8 Å². The number of carboxylic acid groups (broad SMARTS) is 1. The molecule has 0 radical (unpaired) electrons. The number of nitrogens with two attached hydrogens (primary N) is 1. The van der Waals surface area contributed by atoms with E-state index in [1.165, 1.54) is 6.08 Å². The second kappa shape index (κ2) is 3.71. The van der Waals surface area contributed by atoms with Crippen molar-refractivity contribution in [3.8, 4) is 0 Å². The molecular weight excluding hydrogens is 130 g/mol. The van der Waals surface area contributed by atoms with Crippen LogP contribution in [0.5, 0.6) is 0 Å². The average Bonchev–Trinajstić information content (AvgIpc) is 1.82. The summed E-state index contributed by atoms with van der Waals surface area (Å²) in [7, 11) is 0. The molecule has 0 fully saturated rings. The summed E-state index contributed by atoms with van der Waals surface area (Å²) >= 11 is 0. The maximum atomic E-state index is 9.98. The zero-order chi connectivity index (χ0) is 8.15. The van der Waals surface area contributed by atoms with Crippen LogP contribution in [0.2, 0.25) is 0 Å². The lowest BCUT2D eigenvalue weighted by Crippen LogP contribution is -1.94. The molecule has 0 amide bonds. The van der Waals surface area contributed by atoms with E-state index in [1.807, 2.05) is 0 Å². The van der Waals surface area contributed by atoms with E-state index in [-0.39, 0.29) is 0 Å². The molecule has 3 nitrogen and oxygen atoms in total. The Bertz CT molecular complexity index is 188. The number of allylic oxidation sites excluding steroid dienone is 3. The van der Waals surface area contributed by atoms with Gasteiger partial charge in [-0.05, 0) is 19.4 Å². The van der Waals surface area contributed by atoms with Crippen molar-refractivity contribution in [3.05, 3.63) is 23.4 Å². The van der Waals surface area contributed by atoms with Gasteiger partial charge in [0.2, 0.25) is 0 Å². The second-order valence-electron chi connectivity index (χ2n) is 2.04. The molecule has 0 aromatic carbocycles. The molecule has 0 aromatic heterocycles. The molecule has 0 bridgehead atoms. The Kier molecular flexibility index (Phi) is 3.25. The summed E-state index contributed by atoms with van der Waals surface area (Å²) in [6, 6.07) is 0. The lowest BCUT2D eigenvalue weighted by Gasteiger charge is -1.92. The van der Waals surface area contributed by atoms with Gasteiger partial charge in [0.15, 0.2) is 0 Å². The summed E-state index contributed by atoms with van der Waals surface area (Å²) in [4.78, 5) is 9.98. The lowest BCUT2D eigenvalue weighted by atomic mass is 10.2. The smallest absolute Gasteiger partial charge is 0.328 e. The summed E-state index contributed by atoms with van der Waals surface area (Å²) in [6.45, 7) is 3.48. The van der Waals surface area contributed by atoms with Gasteiger partial charge >= 0.3 is 5.97 Å². The highest BCUT2D eigenvalue weighted by molar-refractivity contribution is 5.80.